The first-order chi connectivity index (χ1) is 8.80. The largest absolute Gasteiger partial charge is 0.481 e. The molecule has 1 fully saturated rings. The van der Waals surface area contributed by atoms with Crippen LogP contribution in [0, 0.1) is 5.92 Å². The molecule has 1 saturated heterocycles. The zero-order valence-electron chi connectivity index (χ0n) is 11.0. The Bertz CT molecular complexity index is 434. The number of piperidine rings is 1. The highest BCUT2D eigenvalue weighted by Gasteiger charge is 2.29. The molecule has 0 aromatic rings. The molecule has 0 spiro atoms. The quantitative estimate of drug-likeness (QED) is 0.651. The number of sulfonamides is 1. The van der Waals surface area contributed by atoms with Gasteiger partial charge in [0.2, 0.25) is 15.9 Å². The van der Waals surface area contributed by atoms with Crippen molar-refractivity contribution in [2.24, 2.45) is 5.92 Å². The second-order valence-corrected chi connectivity index (χ2v) is 6.73. The smallest absolute Gasteiger partial charge is 0.303 e. The second kappa shape index (κ2) is 6.85. The topological polar surface area (TPSA) is 104 Å². The number of nitrogens with one attached hydrogen (secondary N) is 1. The van der Waals surface area contributed by atoms with Gasteiger partial charge < -0.3 is 10.4 Å². The van der Waals surface area contributed by atoms with Crippen molar-refractivity contribution in [1.82, 2.24) is 9.62 Å². The van der Waals surface area contributed by atoms with E-state index in [9.17, 15) is 18.0 Å². The van der Waals surface area contributed by atoms with Gasteiger partial charge in [0.1, 0.15) is 0 Å². The maximum Gasteiger partial charge on any atom is 0.303 e. The summed E-state index contributed by atoms with van der Waals surface area (Å²) in [4.78, 5) is 22.1. The van der Waals surface area contributed by atoms with Crippen LogP contribution in [-0.4, -0.2) is 55.6 Å². The molecule has 0 saturated carbocycles. The van der Waals surface area contributed by atoms with E-state index in [0.717, 1.165) is 6.26 Å². The van der Waals surface area contributed by atoms with E-state index in [1.165, 1.54) is 4.31 Å². The predicted octanol–water partition coefficient (Wildman–Crippen LogP) is -0.361. The van der Waals surface area contributed by atoms with E-state index in [2.05, 4.69) is 5.32 Å². The molecule has 8 heteroatoms. The molecule has 0 aliphatic carbocycles. The number of hydrogen-bond donors (Lipinski definition) is 2. The minimum absolute atomic E-state index is 0.0143. The highest BCUT2D eigenvalue weighted by molar-refractivity contribution is 7.88. The average Bonchev–Trinajstić information content (AvgIpc) is 2.33. The predicted molar refractivity (Wildman–Crippen MR) is 69.0 cm³/mol. The Kier molecular flexibility index (Phi) is 5.74. The molecule has 1 rings (SSSR count). The van der Waals surface area contributed by atoms with Crippen molar-refractivity contribution in [3.8, 4) is 0 Å². The maximum absolute atomic E-state index is 11.8. The third-order valence-corrected chi connectivity index (χ3v) is 4.36. The number of carbonyl (C=O) groups is 2. The molecule has 2 N–H and O–H groups in total. The fraction of sp³-hybridized carbons (Fsp3) is 0.818. The van der Waals surface area contributed by atoms with Crippen LogP contribution in [0.4, 0.5) is 0 Å². The summed E-state index contributed by atoms with van der Waals surface area (Å²) in [7, 11) is -3.25. The molecule has 0 radical (unpaired) electrons. The summed E-state index contributed by atoms with van der Waals surface area (Å²) in [5.74, 6) is -1.43. The van der Waals surface area contributed by atoms with E-state index in [0.29, 0.717) is 32.4 Å². The van der Waals surface area contributed by atoms with Gasteiger partial charge in [-0.25, -0.2) is 12.7 Å². The van der Waals surface area contributed by atoms with E-state index < -0.39 is 16.0 Å². The van der Waals surface area contributed by atoms with Gasteiger partial charge in [-0.1, -0.05) is 0 Å². The van der Waals surface area contributed by atoms with E-state index in [1.807, 2.05) is 0 Å². The van der Waals surface area contributed by atoms with Crippen molar-refractivity contribution in [2.45, 2.75) is 25.7 Å². The molecule has 1 aliphatic heterocycles. The van der Waals surface area contributed by atoms with Gasteiger partial charge in [0, 0.05) is 26.1 Å². The van der Waals surface area contributed by atoms with E-state index >= 15 is 0 Å². The Hall–Kier alpha value is -1.15. The van der Waals surface area contributed by atoms with Gasteiger partial charge in [-0.3, -0.25) is 9.59 Å². The number of carboxylic acids is 1. The van der Waals surface area contributed by atoms with E-state index in [4.69, 9.17) is 5.11 Å². The SMILES string of the molecule is CS(=O)(=O)N1CCCC(C(=O)NCCCC(=O)O)C1. The molecule has 110 valence electrons. The first-order valence-electron chi connectivity index (χ1n) is 6.25. The molecule has 1 unspecified atom stereocenters. The Morgan fingerprint density at radius 3 is 2.68 bits per heavy atom. The number of hydrogen-bond acceptors (Lipinski definition) is 4. The Balaban J connectivity index is 2.38. The van der Waals surface area contributed by atoms with Crippen molar-refractivity contribution in [3.63, 3.8) is 0 Å². The summed E-state index contributed by atoms with van der Waals surface area (Å²) < 4.78 is 24.2. The lowest BCUT2D eigenvalue weighted by Crippen LogP contribution is -2.45. The third-order valence-electron chi connectivity index (χ3n) is 3.09. The van der Waals surface area contributed by atoms with Gasteiger partial charge in [0.05, 0.1) is 12.2 Å². The molecule has 1 heterocycles. The Morgan fingerprint density at radius 1 is 1.42 bits per heavy atom. The summed E-state index contributed by atoms with van der Waals surface area (Å²) in [5.41, 5.74) is 0. The maximum atomic E-state index is 11.8. The number of aliphatic carboxylic acids is 1. The van der Waals surface area contributed by atoms with Gasteiger partial charge in [-0.05, 0) is 19.3 Å². The number of rotatable bonds is 6. The molecule has 1 amide bonds. The monoisotopic (exact) mass is 292 g/mol. The summed E-state index contributed by atoms with van der Waals surface area (Å²) >= 11 is 0. The first kappa shape index (κ1) is 15.9. The zero-order chi connectivity index (χ0) is 14.5. The van der Waals surface area contributed by atoms with Gasteiger partial charge in [-0.15, -0.1) is 0 Å². The number of nitrogens with zero attached hydrogens (tertiary/aromatic N) is 1. The Morgan fingerprint density at radius 2 is 2.11 bits per heavy atom. The Labute approximate surface area is 113 Å². The van der Waals surface area contributed by atoms with Crippen LogP contribution in [0.3, 0.4) is 0 Å². The lowest BCUT2D eigenvalue weighted by molar-refractivity contribution is -0.137. The molecule has 1 aliphatic rings. The van der Waals surface area contributed by atoms with Crippen molar-refractivity contribution in [2.75, 3.05) is 25.9 Å². The van der Waals surface area contributed by atoms with Crippen LogP contribution in [-0.2, 0) is 19.6 Å². The number of amides is 1. The molecular weight excluding hydrogens is 272 g/mol. The zero-order valence-corrected chi connectivity index (χ0v) is 11.8. The van der Waals surface area contributed by atoms with Gasteiger partial charge in [-0.2, -0.15) is 0 Å². The minimum Gasteiger partial charge on any atom is -0.481 e. The molecular formula is C11H20N2O5S. The van der Waals surface area contributed by atoms with Crippen molar-refractivity contribution in [1.29, 1.82) is 0 Å². The summed E-state index contributed by atoms with van der Waals surface area (Å²) in [6, 6.07) is 0. The van der Waals surface area contributed by atoms with Crippen LogP contribution >= 0.6 is 0 Å². The summed E-state index contributed by atoms with van der Waals surface area (Å²) in [5, 5.41) is 11.1. The average molecular weight is 292 g/mol. The number of carboxylic acid groups (broad SMARTS) is 1. The first-order valence-corrected chi connectivity index (χ1v) is 8.10. The molecule has 0 bridgehead atoms. The standard InChI is InChI=1S/C11H20N2O5S/c1-19(17,18)13-7-3-4-9(8-13)11(16)12-6-2-5-10(14)15/h9H,2-8H2,1H3,(H,12,16)(H,14,15). The fourth-order valence-corrected chi connectivity index (χ4v) is 2.96. The summed E-state index contributed by atoms with van der Waals surface area (Å²) in [6.07, 6.45) is 2.86. The summed E-state index contributed by atoms with van der Waals surface area (Å²) in [6.45, 7) is 0.978. The second-order valence-electron chi connectivity index (χ2n) is 4.75. The normalized spacial score (nSPS) is 21.0. The molecule has 0 aromatic heterocycles. The lowest BCUT2D eigenvalue weighted by Gasteiger charge is -2.30. The van der Waals surface area contributed by atoms with Gasteiger partial charge in [0.25, 0.3) is 0 Å². The number of carbonyl (C=O) groups excluding carboxylic acids is 1. The van der Waals surface area contributed by atoms with Gasteiger partial charge >= 0.3 is 5.97 Å². The van der Waals surface area contributed by atoms with Crippen LogP contribution in [0.15, 0.2) is 0 Å². The van der Waals surface area contributed by atoms with Crippen LogP contribution in [0.2, 0.25) is 0 Å². The highest BCUT2D eigenvalue weighted by Crippen LogP contribution is 2.18. The van der Waals surface area contributed by atoms with Crippen LogP contribution < -0.4 is 5.32 Å². The molecule has 7 nitrogen and oxygen atoms in total. The van der Waals surface area contributed by atoms with E-state index in [-0.39, 0.29) is 24.8 Å². The highest BCUT2D eigenvalue weighted by atomic mass is 32.2. The lowest BCUT2D eigenvalue weighted by atomic mass is 9.99. The van der Waals surface area contributed by atoms with Crippen LogP contribution in [0.1, 0.15) is 25.7 Å². The van der Waals surface area contributed by atoms with Crippen LogP contribution in [0.5, 0.6) is 0 Å². The molecule has 0 aromatic carbocycles. The molecule has 19 heavy (non-hydrogen) atoms. The van der Waals surface area contributed by atoms with E-state index in [1.54, 1.807) is 0 Å². The molecule has 1 atom stereocenters. The van der Waals surface area contributed by atoms with Gasteiger partial charge in [0.15, 0.2) is 0 Å². The van der Waals surface area contributed by atoms with Crippen molar-refractivity contribution < 1.29 is 23.1 Å². The minimum atomic E-state index is -3.25. The third kappa shape index (κ3) is 5.56. The fourth-order valence-electron chi connectivity index (χ4n) is 2.05. The van der Waals surface area contributed by atoms with Crippen molar-refractivity contribution in [3.05, 3.63) is 0 Å². The van der Waals surface area contributed by atoms with Crippen molar-refractivity contribution >= 4 is 21.9 Å². The van der Waals surface area contributed by atoms with Crippen LogP contribution in [0.25, 0.3) is 0 Å².